The van der Waals surface area contributed by atoms with Gasteiger partial charge in [-0.15, -0.1) is 0 Å². The first-order chi connectivity index (χ1) is 11.2. The smallest absolute Gasteiger partial charge is 0.416 e. The number of amides is 1. The van der Waals surface area contributed by atoms with Crippen molar-refractivity contribution in [3.8, 4) is 5.75 Å². The molecule has 24 heavy (non-hydrogen) atoms. The number of hydrogen-bond acceptors (Lipinski definition) is 3. The van der Waals surface area contributed by atoms with E-state index in [4.69, 9.17) is 4.74 Å². The van der Waals surface area contributed by atoms with Crippen molar-refractivity contribution in [2.45, 2.75) is 19.1 Å². The summed E-state index contributed by atoms with van der Waals surface area (Å²) in [5.41, 5.74) is -1.46. The minimum Gasteiger partial charge on any atom is -0.491 e. The fraction of sp³-hybridized carbons (Fsp3) is 0.250. The molecule has 0 aliphatic carbocycles. The second kappa shape index (κ2) is 6.77. The van der Waals surface area contributed by atoms with Crippen LogP contribution in [0, 0.1) is 0 Å². The van der Waals surface area contributed by atoms with Crippen LogP contribution in [0.3, 0.4) is 0 Å². The van der Waals surface area contributed by atoms with Gasteiger partial charge in [0, 0.05) is 12.3 Å². The van der Waals surface area contributed by atoms with E-state index in [0.29, 0.717) is 0 Å². The van der Waals surface area contributed by atoms with Crippen molar-refractivity contribution in [1.29, 1.82) is 0 Å². The Kier molecular flexibility index (Phi) is 4.96. The Hall–Kier alpha value is -2.77. The highest BCUT2D eigenvalue weighted by molar-refractivity contribution is 5.92. The third-order valence-corrected chi connectivity index (χ3v) is 3.42. The molecule has 0 saturated carbocycles. The summed E-state index contributed by atoms with van der Waals surface area (Å²) in [6.45, 7) is 1.43. The number of alkyl halides is 3. The van der Waals surface area contributed by atoms with E-state index in [1.165, 1.54) is 38.4 Å². The second-order valence-electron chi connectivity index (χ2n) is 5.06. The van der Waals surface area contributed by atoms with Gasteiger partial charge < -0.3 is 15.0 Å². The van der Waals surface area contributed by atoms with E-state index in [-0.39, 0.29) is 17.0 Å². The Morgan fingerprint density at radius 1 is 1.29 bits per heavy atom. The molecule has 0 fully saturated rings. The minimum atomic E-state index is -4.52. The SMILES string of the molecule is COc1c[nH]c(C(=O)NC(C)c2ccccc2C(F)(F)F)cc1=O. The number of benzene rings is 1. The monoisotopic (exact) mass is 340 g/mol. The molecule has 8 heteroatoms. The normalized spacial score (nSPS) is 12.5. The number of ether oxygens (including phenoxy) is 1. The van der Waals surface area contributed by atoms with Gasteiger partial charge in [-0.25, -0.2) is 0 Å². The molecule has 2 N–H and O–H groups in total. The van der Waals surface area contributed by atoms with E-state index in [1.807, 2.05) is 0 Å². The highest BCUT2D eigenvalue weighted by Gasteiger charge is 2.34. The topological polar surface area (TPSA) is 71.2 Å². The molecule has 1 amide bonds. The summed E-state index contributed by atoms with van der Waals surface area (Å²) in [6.07, 6.45) is -3.31. The van der Waals surface area contributed by atoms with Crippen LogP contribution in [-0.4, -0.2) is 18.0 Å². The van der Waals surface area contributed by atoms with Crippen LogP contribution >= 0.6 is 0 Å². The molecule has 1 aromatic heterocycles. The number of H-pyrrole nitrogens is 1. The predicted octanol–water partition coefficient (Wildman–Crippen LogP) is 2.89. The van der Waals surface area contributed by atoms with Crippen LogP contribution < -0.4 is 15.5 Å². The van der Waals surface area contributed by atoms with Gasteiger partial charge in [0.25, 0.3) is 5.91 Å². The van der Waals surface area contributed by atoms with Gasteiger partial charge in [-0.3, -0.25) is 9.59 Å². The summed E-state index contributed by atoms with van der Waals surface area (Å²) in [5, 5.41) is 2.44. The largest absolute Gasteiger partial charge is 0.491 e. The lowest BCUT2D eigenvalue weighted by molar-refractivity contribution is -0.138. The predicted molar refractivity (Wildman–Crippen MR) is 80.9 cm³/mol. The van der Waals surface area contributed by atoms with Crippen LogP contribution in [-0.2, 0) is 6.18 Å². The highest BCUT2D eigenvalue weighted by Crippen LogP contribution is 2.34. The molecule has 2 rings (SSSR count). The molecule has 0 radical (unpaired) electrons. The first-order valence-electron chi connectivity index (χ1n) is 6.97. The maximum absolute atomic E-state index is 13.0. The van der Waals surface area contributed by atoms with Crippen LogP contribution in [0.5, 0.6) is 5.75 Å². The van der Waals surface area contributed by atoms with Gasteiger partial charge in [0.05, 0.1) is 18.7 Å². The van der Waals surface area contributed by atoms with Gasteiger partial charge in [-0.2, -0.15) is 13.2 Å². The van der Waals surface area contributed by atoms with Crippen LogP contribution in [0.1, 0.15) is 34.6 Å². The molecule has 1 unspecified atom stereocenters. The molecule has 1 heterocycles. The second-order valence-corrected chi connectivity index (χ2v) is 5.06. The van der Waals surface area contributed by atoms with Crippen molar-refractivity contribution >= 4 is 5.91 Å². The average molecular weight is 340 g/mol. The van der Waals surface area contributed by atoms with Crippen LogP contribution in [0.2, 0.25) is 0 Å². The lowest BCUT2D eigenvalue weighted by Crippen LogP contribution is -2.29. The van der Waals surface area contributed by atoms with Gasteiger partial charge >= 0.3 is 6.18 Å². The first kappa shape index (κ1) is 17.6. The molecule has 0 aliphatic heterocycles. The molecular formula is C16H15F3N2O3. The van der Waals surface area contributed by atoms with Crippen molar-refractivity contribution in [3.05, 3.63) is 63.6 Å². The van der Waals surface area contributed by atoms with Crippen molar-refractivity contribution < 1.29 is 22.7 Å². The van der Waals surface area contributed by atoms with Crippen LogP contribution in [0.4, 0.5) is 13.2 Å². The van der Waals surface area contributed by atoms with E-state index in [9.17, 15) is 22.8 Å². The number of nitrogens with one attached hydrogen (secondary N) is 2. The number of carbonyl (C=O) groups is 1. The number of aromatic nitrogens is 1. The molecular weight excluding hydrogens is 325 g/mol. The molecule has 0 saturated heterocycles. The zero-order chi connectivity index (χ0) is 17.9. The van der Waals surface area contributed by atoms with Crippen LogP contribution in [0.15, 0.2) is 41.3 Å². The van der Waals surface area contributed by atoms with Gasteiger partial charge in [-0.1, -0.05) is 18.2 Å². The Bertz CT molecular complexity index is 800. The lowest BCUT2D eigenvalue weighted by atomic mass is 10.0. The lowest BCUT2D eigenvalue weighted by Gasteiger charge is -2.19. The van der Waals surface area contributed by atoms with Gasteiger partial charge in [-0.05, 0) is 18.6 Å². The molecule has 1 aromatic carbocycles. The average Bonchev–Trinajstić information content (AvgIpc) is 2.53. The number of pyridine rings is 1. The summed E-state index contributed by atoms with van der Waals surface area (Å²) in [4.78, 5) is 26.4. The summed E-state index contributed by atoms with van der Waals surface area (Å²) in [5.74, 6) is -0.666. The number of rotatable bonds is 4. The highest BCUT2D eigenvalue weighted by atomic mass is 19.4. The minimum absolute atomic E-state index is 0.0296. The fourth-order valence-corrected chi connectivity index (χ4v) is 2.23. The quantitative estimate of drug-likeness (QED) is 0.899. The number of aromatic amines is 1. The summed E-state index contributed by atoms with van der Waals surface area (Å²) in [6, 6.07) is 5.11. The van der Waals surface area contributed by atoms with Crippen molar-refractivity contribution in [1.82, 2.24) is 10.3 Å². The Labute approximate surface area is 135 Å². The molecule has 128 valence electrons. The third-order valence-electron chi connectivity index (χ3n) is 3.42. The maximum atomic E-state index is 13.0. The van der Waals surface area contributed by atoms with E-state index in [1.54, 1.807) is 0 Å². The van der Waals surface area contributed by atoms with Crippen molar-refractivity contribution in [2.75, 3.05) is 7.11 Å². The molecule has 5 nitrogen and oxygen atoms in total. The van der Waals surface area contributed by atoms with Crippen LogP contribution in [0.25, 0.3) is 0 Å². The summed E-state index contributed by atoms with van der Waals surface area (Å²) >= 11 is 0. The first-order valence-corrected chi connectivity index (χ1v) is 6.97. The maximum Gasteiger partial charge on any atom is 0.416 e. The van der Waals surface area contributed by atoms with Gasteiger partial charge in [0.1, 0.15) is 5.69 Å². The Balaban J connectivity index is 2.24. The zero-order valence-corrected chi connectivity index (χ0v) is 12.9. The summed E-state index contributed by atoms with van der Waals surface area (Å²) < 4.78 is 43.9. The van der Waals surface area contributed by atoms with E-state index in [2.05, 4.69) is 10.3 Å². The molecule has 1 atom stereocenters. The number of halogens is 3. The number of methoxy groups -OCH3 is 1. The van der Waals surface area contributed by atoms with Gasteiger partial charge in [0.2, 0.25) is 5.43 Å². The Morgan fingerprint density at radius 3 is 2.54 bits per heavy atom. The van der Waals surface area contributed by atoms with E-state index >= 15 is 0 Å². The molecule has 0 aliphatic rings. The third kappa shape index (κ3) is 3.76. The summed E-state index contributed by atoms with van der Waals surface area (Å²) in [7, 11) is 1.31. The zero-order valence-electron chi connectivity index (χ0n) is 12.9. The molecule has 0 spiro atoms. The van der Waals surface area contributed by atoms with Crippen molar-refractivity contribution in [2.24, 2.45) is 0 Å². The van der Waals surface area contributed by atoms with Crippen molar-refractivity contribution in [3.63, 3.8) is 0 Å². The standard InChI is InChI=1S/C16H15F3N2O3/c1-9(10-5-3-4-6-11(10)16(17,18)19)21-15(23)12-7-13(22)14(24-2)8-20-12/h3-9H,1-2H3,(H,20,22)(H,21,23). The molecule has 0 bridgehead atoms. The number of carbonyl (C=O) groups excluding carboxylic acids is 1. The van der Waals surface area contributed by atoms with Gasteiger partial charge in [0.15, 0.2) is 5.75 Å². The molecule has 2 aromatic rings. The van der Waals surface area contributed by atoms with E-state index < -0.39 is 29.1 Å². The Morgan fingerprint density at radius 2 is 1.96 bits per heavy atom. The fourth-order valence-electron chi connectivity index (χ4n) is 2.23. The number of hydrogen-bond donors (Lipinski definition) is 2. The van der Waals surface area contributed by atoms with E-state index in [0.717, 1.165) is 12.1 Å².